The summed E-state index contributed by atoms with van der Waals surface area (Å²) in [5.41, 5.74) is -0.628. The maximum Gasteiger partial charge on any atom is 0.325 e. The van der Waals surface area contributed by atoms with Crippen molar-refractivity contribution in [1.82, 2.24) is 4.90 Å². The highest BCUT2D eigenvalue weighted by Gasteiger charge is 2.40. The molecular formula is C12H20ClNO3. The summed E-state index contributed by atoms with van der Waals surface area (Å²) >= 11 is 5.79. The van der Waals surface area contributed by atoms with Crippen molar-refractivity contribution >= 4 is 23.5 Å². The standard InChI is InChI=1S/C12H20ClNO3/c1-4-17-10(15)7-14(9-5-6-9)11(16)12(2,3)8-13/h9H,4-8H2,1-3H3. The fraction of sp³-hybridized carbons (Fsp3) is 0.833. The van der Waals surface area contributed by atoms with Crippen molar-refractivity contribution in [2.75, 3.05) is 19.0 Å². The Morgan fingerprint density at radius 3 is 2.41 bits per heavy atom. The van der Waals surface area contributed by atoms with Gasteiger partial charge in [-0.2, -0.15) is 0 Å². The number of nitrogens with zero attached hydrogens (tertiary/aromatic N) is 1. The van der Waals surface area contributed by atoms with E-state index in [9.17, 15) is 9.59 Å². The van der Waals surface area contributed by atoms with Gasteiger partial charge in [0.1, 0.15) is 6.54 Å². The monoisotopic (exact) mass is 261 g/mol. The van der Waals surface area contributed by atoms with Crippen molar-refractivity contribution < 1.29 is 14.3 Å². The highest BCUT2D eigenvalue weighted by molar-refractivity contribution is 6.19. The number of rotatable bonds is 6. The summed E-state index contributed by atoms with van der Waals surface area (Å²) in [4.78, 5) is 25.3. The molecule has 1 amide bonds. The Balaban J connectivity index is 2.66. The van der Waals surface area contributed by atoms with Crippen LogP contribution in [0.2, 0.25) is 0 Å². The molecule has 0 aromatic carbocycles. The predicted molar refractivity (Wildman–Crippen MR) is 65.9 cm³/mol. The first kappa shape index (κ1) is 14.3. The highest BCUT2D eigenvalue weighted by Crippen LogP contribution is 2.31. The van der Waals surface area contributed by atoms with E-state index in [1.54, 1.807) is 25.7 Å². The topological polar surface area (TPSA) is 46.6 Å². The molecule has 0 aliphatic heterocycles. The van der Waals surface area contributed by atoms with E-state index >= 15 is 0 Å². The van der Waals surface area contributed by atoms with E-state index in [1.807, 2.05) is 0 Å². The molecule has 1 rings (SSSR count). The van der Waals surface area contributed by atoms with Gasteiger partial charge in [-0.3, -0.25) is 9.59 Å². The summed E-state index contributed by atoms with van der Waals surface area (Å²) in [6, 6.07) is 0.189. The number of alkyl halides is 1. The van der Waals surface area contributed by atoms with Gasteiger partial charge in [-0.25, -0.2) is 0 Å². The van der Waals surface area contributed by atoms with Gasteiger partial charge in [0.2, 0.25) is 5.91 Å². The highest BCUT2D eigenvalue weighted by atomic mass is 35.5. The van der Waals surface area contributed by atoms with Gasteiger partial charge >= 0.3 is 5.97 Å². The molecule has 17 heavy (non-hydrogen) atoms. The van der Waals surface area contributed by atoms with Crippen LogP contribution in [0.5, 0.6) is 0 Å². The fourth-order valence-corrected chi connectivity index (χ4v) is 1.66. The molecule has 1 aliphatic carbocycles. The van der Waals surface area contributed by atoms with Gasteiger partial charge in [0.05, 0.1) is 12.0 Å². The summed E-state index contributed by atoms with van der Waals surface area (Å²) in [5, 5.41) is 0. The molecule has 1 aliphatic rings. The van der Waals surface area contributed by atoms with E-state index < -0.39 is 5.41 Å². The number of carbonyl (C=O) groups excluding carboxylic acids is 2. The van der Waals surface area contributed by atoms with Crippen LogP contribution >= 0.6 is 11.6 Å². The number of esters is 1. The van der Waals surface area contributed by atoms with Gasteiger partial charge in [-0.1, -0.05) is 0 Å². The van der Waals surface area contributed by atoms with Crippen molar-refractivity contribution in [1.29, 1.82) is 0 Å². The first-order valence-electron chi connectivity index (χ1n) is 5.95. The summed E-state index contributed by atoms with van der Waals surface area (Å²) in [6.07, 6.45) is 1.92. The van der Waals surface area contributed by atoms with Crippen LogP contribution in [0.25, 0.3) is 0 Å². The molecular weight excluding hydrogens is 242 g/mol. The maximum atomic E-state index is 12.3. The van der Waals surface area contributed by atoms with Gasteiger partial charge in [0.15, 0.2) is 0 Å². The molecule has 5 heteroatoms. The molecule has 4 nitrogen and oxygen atoms in total. The second kappa shape index (κ2) is 5.71. The molecule has 1 fully saturated rings. The van der Waals surface area contributed by atoms with E-state index in [4.69, 9.17) is 16.3 Å². The van der Waals surface area contributed by atoms with Gasteiger partial charge in [-0.05, 0) is 33.6 Å². The Morgan fingerprint density at radius 1 is 1.41 bits per heavy atom. The third kappa shape index (κ3) is 3.87. The maximum absolute atomic E-state index is 12.3. The number of hydrogen-bond acceptors (Lipinski definition) is 3. The SMILES string of the molecule is CCOC(=O)CN(C(=O)C(C)(C)CCl)C1CC1. The van der Waals surface area contributed by atoms with Crippen molar-refractivity contribution in [2.45, 2.75) is 39.7 Å². The minimum Gasteiger partial charge on any atom is -0.465 e. The van der Waals surface area contributed by atoms with E-state index in [2.05, 4.69) is 0 Å². The van der Waals surface area contributed by atoms with Crippen LogP contribution < -0.4 is 0 Å². The zero-order valence-electron chi connectivity index (χ0n) is 10.7. The Labute approximate surface area is 107 Å². The molecule has 0 saturated heterocycles. The van der Waals surface area contributed by atoms with Gasteiger partial charge < -0.3 is 9.64 Å². The van der Waals surface area contributed by atoms with Gasteiger partial charge in [0, 0.05) is 11.9 Å². The van der Waals surface area contributed by atoms with Crippen LogP contribution in [0.4, 0.5) is 0 Å². The molecule has 0 unspecified atom stereocenters. The summed E-state index contributed by atoms with van der Waals surface area (Å²) in [5.74, 6) is -0.168. The minimum absolute atomic E-state index is 0.0393. The van der Waals surface area contributed by atoms with Crippen LogP contribution in [0.3, 0.4) is 0 Å². The van der Waals surface area contributed by atoms with Crippen LogP contribution in [-0.4, -0.2) is 41.8 Å². The average Bonchev–Trinajstić information content (AvgIpc) is 3.09. The second-order valence-corrected chi connectivity index (χ2v) is 5.25. The minimum atomic E-state index is -0.628. The van der Waals surface area contributed by atoms with Crippen molar-refractivity contribution in [3.05, 3.63) is 0 Å². The number of carbonyl (C=O) groups is 2. The lowest BCUT2D eigenvalue weighted by molar-refractivity contribution is -0.152. The molecule has 0 aromatic rings. The molecule has 0 heterocycles. The Bertz CT molecular complexity index is 300. The summed E-state index contributed by atoms with van der Waals surface area (Å²) < 4.78 is 4.88. The molecule has 0 radical (unpaired) electrons. The predicted octanol–water partition coefficient (Wildman–Crippen LogP) is 1.81. The van der Waals surface area contributed by atoms with Gasteiger partial charge in [-0.15, -0.1) is 11.6 Å². The smallest absolute Gasteiger partial charge is 0.325 e. The third-order valence-electron chi connectivity index (χ3n) is 2.77. The lowest BCUT2D eigenvalue weighted by Gasteiger charge is -2.30. The number of halogens is 1. The molecule has 0 aromatic heterocycles. The Morgan fingerprint density at radius 2 is 2.00 bits per heavy atom. The molecule has 0 atom stereocenters. The number of ether oxygens (including phenoxy) is 1. The quantitative estimate of drug-likeness (QED) is 0.541. The first-order chi connectivity index (χ1) is 7.92. The van der Waals surface area contributed by atoms with Crippen LogP contribution in [0, 0.1) is 5.41 Å². The van der Waals surface area contributed by atoms with Gasteiger partial charge in [0.25, 0.3) is 0 Å². The van der Waals surface area contributed by atoms with Crippen molar-refractivity contribution in [3.63, 3.8) is 0 Å². The normalized spacial score (nSPS) is 15.5. The second-order valence-electron chi connectivity index (χ2n) is 4.99. The van der Waals surface area contributed by atoms with E-state index in [1.165, 1.54) is 0 Å². The lowest BCUT2D eigenvalue weighted by atomic mass is 9.94. The van der Waals surface area contributed by atoms with Crippen LogP contribution in [-0.2, 0) is 14.3 Å². The average molecular weight is 262 g/mol. The van der Waals surface area contributed by atoms with E-state index in [0.717, 1.165) is 12.8 Å². The fourth-order valence-electron chi connectivity index (χ4n) is 1.54. The molecule has 0 spiro atoms. The molecule has 0 bridgehead atoms. The Kier molecular flexibility index (Phi) is 4.80. The largest absolute Gasteiger partial charge is 0.465 e. The third-order valence-corrected chi connectivity index (χ3v) is 3.43. The van der Waals surface area contributed by atoms with Crippen LogP contribution in [0.1, 0.15) is 33.6 Å². The molecule has 0 N–H and O–H groups in total. The molecule has 1 saturated carbocycles. The molecule has 98 valence electrons. The van der Waals surface area contributed by atoms with Crippen molar-refractivity contribution in [3.8, 4) is 0 Å². The summed E-state index contributed by atoms with van der Waals surface area (Å²) in [6.45, 7) is 5.72. The van der Waals surface area contributed by atoms with Crippen LogP contribution in [0.15, 0.2) is 0 Å². The van der Waals surface area contributed by atoms with Crippen molar-refractivity contribution in [2.24, 2.45) is 5.41 Å². The summed E-state index contributed by atoms with van der Waals surface area (Å²) in [7, 11) is 0. The number of amides is 1. The lowest BCUT2D eigenvalue weighted by Crippen LogP contribution is -2.46. The zero-order valence-corrected chi connectivity index (χ0v) is 11.4. The van der Waals surface area contributed by atoms with E-state index in [0.29, 0.717) is 6.61 Å². The first-order valence-corrected chi connectivity index (χ1v) is 6.48. The Hall–Kier alpha value is -0.770. The number of hydrogen-bond donors (Lipinski definition) is 0. The zero-order chi connectivity index (χ0) is 13.1. The van der Waals surface area contributed by atoms with E-state index in [-0.39, 0.29) is 30.3 Å².